The summed E-state index contributed by atoms with van der Waals surface area (Å²) in [6.07, 6.45) is 1.55. The quantitative estimate of drug-likeness (QED) is 0.530. The second-order valence-corrected chi connectivity index (χ2v) is 4.10. The molecule has 0 spiro atoms. The van der Waals surface area contributed by atoms with E-state index in [0.29, 0.717) is 5.56 Å². The van der Waals surface area contributed by atoms with Crippen LogP contribution in [0.4, 0.5) is 0 Å². The number of ether oxygens (including phenoxy) is 2. The molecule has 5 heteroatoms. The zero-order chi connectivity index (χ0) is 14.1. The maximum absolute atomic E-state index is 11.3. The molecule has 1 heterocycles. The molecule has 19 heavy (non-hydrogen) atoms. The summed E-state index contributed by atoms with van der Waals surface area (Å²) in [5, 5.41) is 0. The van der Waals surface area contributed by atoms with Gasteiger partial charge >= 0.3 is 5.97 Å². The smallest absolute Gasteiger partial charge is 0.339 e. The lowest BCUT2D eigenvalue weighted by atomic mass is 10.2. The van der Waals surface area contributed by atoms with Gasteiger partial charge in [-0.05, 0) is 25.6 Å². The average Bonchev–Trinajstić information content (AvgIpc) is 2.46. The monoisotopic (exact) mass is 266 g/mol. The van der Waals surface area contributed by atoms with E-state index < -0.39 is 0 Å². The van der Waals surface area contributed by atoms with Gasteiger partial charge in [0.15, 0.2) is 0 Å². The van der Waals surface area contributed by atoms with E-state index in [4.69, 9.17) is 4.74 Å². The maximum atomic E-state index is 11.3. The Labute approximate surface area is 114 Å². The van der Waals surface area contributed by atoms with E-state index in [2.05, 4.69) is 21.5 Å². The molecule has 0 saturated carbocycles. The number of hydrogen-bond donors (Lipinski definition) is 0. The minimum absolute atomic E-state index is 0.359. The van der Waals surface area contributed by atoms with Crippen molar-refractivity contribution in [1.82, 2.24) is 9.88 Å². The number of nitrogens with zero attached hydrogens (tertiary/aromatic N) is 2. The number of rotatable bonds is 8. The van der Waals surface area contributed by atoms with Gasteiger partial charge in [-0.3, -0.25) is 9.88 Å². The molecule has 0 atom stereocenters. The normalized spacial score (nSPS) is 10.7. The molecule has 0 saturated heterocycles. The molecule has 0 N–H and O–H groups in total. The zero-order valence-electron chi connectivity index (χ0n) is 11.9. The fourth-order valence-corrected chi connectivity index (χ4v) is 1.67. The number of aromatic nitrogens is 1. The van der Waals surface area contributed by atoms with Crippen molar-refractivity contribution in [3.63, 3.8) is 0 Å². The molecule has 106 valence electrons. The third-order valence-electron chi connectivity index (χ3n) is 2.83. The van der Waals surface area contributed by atoms with Crippen molar-refractivity contribution in [3.05, 3.63) is 29.6 Å². The van der Waals surface area contributed by atoms with Crippen LogP contribution in [0.15, 0.2) is 18.3 Å². The van der Waals surface area contributed by atoms with Gasteiger partial charge in [0.1, 0.15) is 0 Å². The first kappa shape index (κ1) is 15.6. The average molecular weight is 266 g/mol. The Hall–Kier alpha value is -1.46. The minimum atomic E-state index is -0.359. The molecule has 0 aliphatic heterocycles. The molecule has 0 unspecified atom stereocenters. The maximum Gasteiger partial charge on any atom is 0.339 e. The van der Waals surface area contributed by atoms with E-state index >= 15 is 0 Å². The first-order chi connectivity index (χ1) is 9.21. The molecule has 0 amide bonds. The van der Waals surface area contributed by atoms with Gasteiger partial charge in [-0.2, -0.15) is 0 Å². The summed E-state index contributed by atoms with van der Waals surface area (Å²) in [7, 11) is 1.36. The van der Waals surface area contributed by atoms with Gasteiger partial charge in [0, 0.05) is 25.9 Å². The Morgan fingerprint density at radius 3 is 2.68 bits per heavy atom. The predicted octanol–water partition coefficient (Wildman–Crippen LogP) is 1.73. The fraction of sp³-hybridized carbons (Fsp3) is 0.571. The highest BCUT2D eigenvalue weighted by Crippen LogP contribution is 2.05. The van der Waals surface area contributed by atoms with E-state index in [0.717, 1.165) is 38.5 Å². The van der Waals surface area contributed by atoms with Crippen LogP contribution in [-0.4, -0.2) is 49.3 Å². The molecular weight excluding hydrogens is 244 g/mol. The summed E-state index contributed by atoms with van der Waals surface area (Å²) in [5.41, 5.74) is 1.41. The summed E-state index contributed by atoms with van der Waals surface area (Å²) in [4.78, 5) is 17.8. The molecule has 0 bridgehead atoms. The number of pyridine rings is 1. The van der Waals surface area contributed by atoms with Crippen LogP contribution in [0, 0.1) is 0 Å². The summed E-state index contributed by atoms with van der Waals surface area (Å²) >= 11 is 0. The molecule has 0 aliphatic carbocycles. The number of esters is 1. The predicted molar refractivity (Wildman–Crippen MR) is 73.0 cm³/mol. The van der Waals surface area contributed by atoms with Gasteiger partial charge in [-0.15, -0.1) is 0 Å². The van der Waals surface area contributed by atoms with Gasteiger partial charge < -0.3 is 9.47 Å². The molecule has 1 rings (SSSR count). The van der Waals surface area contributed by atoms with E-state index in [1.54, 1.807) is 12.3 Å². The van der Waals surface area contributed by atoms with E-state index in [9.17, 15) is 4.79 Å². The SMILES string of the molecule is CCOCCN(CC)Cc1ccc(C(=O)OC)cn1. The first-order valence-corrected chi connectivity index (χ1v) is 6.54. The molecular formula is C14H22N2O3. The number of likely N-dealkylation sites (N-methyl/N-ethyl adjacent to an activating group) is 1. The highest BCUT2D eigenvalue weighted by molar-refractivity contribution is 5.88. The molecule has 0 aliphatic rings. The van der Waals surface area contributed by atoms with Crippen LogP contribution in [0.5, 0.6) is 0 Å². The van der Waals surface area contributed by atoms with Gasteiger partial charge in [0.25, 0.3) is 0 Å². The lowest BCUT2D eigenvalue weighted by Crippen LogP contribution is -2.27. The third-order valence-corrected chi connectivity index (χ3v) is 2.83. The largest absolute Gasteiger partial charge is 0.465 e. The summed E-state index contributed by atoms with van der Waals surface area (Å²) < 4.78 is 9.98. The van der Waals surface area contributed by atoms with Crippen molar-refractivity contribution in [2.45, 2.75) is 20.4 Å². The van der Waals surface area contributed by atoms with Crippen molar-refractivity contribution < 1.29 is 14.3 Å². The van der Waals surface area contributed by atoms with Crippen molar-refractivity contribution in [2.75, 3.05) is 33.4 Å². The lowest BCUT2D eigenvalue weighted by Gasteiger charge is -2.19. The molecule has 0 fully saturated rings. The van der Waals surface area contributed by atoms with Crippen LogP contribution in [0.2, 0.25) is 0 Å². The van der Waals surface area contributed by atoms with Crippen LogP contribution in [0.3, 0.4) is 0 Å². The van der Waals surface area contributed by atoms with Crippen LogP contribution in [-0.2, 0) is 16.0 Å². The van der Waals surface area contributed by atoms with Gasteiger partial charge in [0.2, 0.25) is 0 Å². The van der Waals surface area contributed by atoms with Crippen molar-refractivity contribution >= 4 is 5.97 Å². The Kier molecular flexibility index (Phi) is 7.07. The highest BCUT2D eigenvalue weighted by atomic mass is 16.5. The second kappa shape index (κ2) is 8.61. The number of hydrogen-bond acceptors (Lipinski definition) is 5. The molecule has 0 aromatic carbocycles. The topological polar surface area (TPSA) is 51.7 Å². The van der Waals surface area contributed by atoms with E-state index in [1.165, 1.54) is 7.11 Å². The van der Waals surface area contributed by atoms with E-state index in [1.807, 2.05) is 13.0 Å². The third kappa shape index (κ3) is 5.36. The Morgan fingerprint density at radius 1 is 1.37 bits per heavy atom. The second-order valence-electron chi connectivity index (χ2n) is 4.10. The Bertz CT molecular complexity index is 379. The van der Waals surface area contributed by atoms with Crippen LogP contribution in [0.25, 0.3) is 0 Å². The van der Waals surface area contributed by atoms with Gasteiger partial charge in [-0.25, -0.2) is 4.79 Å². The molecule has 5 nitrogen and oxygen atoms in total. The first-order valence-electron chi connectivity index (χ1n) is 6.54. The number of carbonyl (C=O) groups is 1. The minimum Gasteiger partial charge on any atom is -0.465 e. The van der Waals surface area contributed by atoms with Crippen LogP contribution >= 0.6 is 0 Å². The lowest BCUT2D eigenvalue weighted by molar-refractivity contribution is 0.0600. The summed E-state index contributed by atoms with van der Waals surface area (Å²) in [6.45, 7) is 8.13. The molecule has 0 radical (unpaired) electrons. The van der Waals surface area contributed by atoms with E-state index in [-0.39, 0.29) is 5.97 Å². The number of methoxy groups -OCH3 is 1. The molecule has 1 aromatic rings. The van der Waals surface area contributed by atoms with Crippen LogP contribution in [0.1, 0.15) is 29.9 Å². The Balaban J connectivity index is 2.53. The van der Waals surface area contributed by atoms with Crippen LogP contribution < -0.4 is 0 Å². The molecule has 1 aromatic heterocycles. The highest BCUT2D eigenvalue weighted by Gasteiger charge is 2.08. The standard InChI is InChI=1S/C14H22N2O3/c1-4-16(8-9-19-5-2)11-13-7-6-12(10-15-13)14(17)18-3/h6-7,10H,4-5,8-9,11H2,1-3H3. The summed E-state index contributed by atoms with van der Waals surface area (Å²) in [5.74, 6) is -0.359. The van der Waals surface area contributed by atoms with Gasteiger partial charge in [0.05, 0.1) is 25.0 Å². The Morgan fingerprint density at radius 2 is 2.16 bits per heavy atom. The van der Waals surface area contributed by atoms with Crippen molar-refractivity contribution in [3.8, 4) is 0 Å². The summed E-state index contributed by atoms with van der Waals surface area (Å²) in [6, 6.07) is 3.60. The fourth-order valence-electron chi connectivity index (χ4n) is 1.67. The zero-order valence-corrected chi connectivity index (χ0v) is 11.9. The van der Waals surface area contributed by atoms with Crippen molar-refractivity contribution in [1.29, 1.82) is 0 Å². The van der Waals surface area contributed by atoms with Crippen molar-refractivity contribution in [2.24, 2.45) is 0 Å². The van der Waals surface area contributed by atoms with Gasteiger partial charge in [-0.1, -0.05) is 6.92 Å². The number of carbonyl (C=O) groups excluding carboxylic acids is 1.